The molecule has 2 atom stereocenters. The van der Waals surface area contributed by atoms with Crippen LogP contribution in [0.2, 0.25) is 13.1 Å². The number of hydrogen-bond donors (Lipinski definition) is 0. The van der Waals surface area contributed by atoms with Crippen LogP contribution in [0.3, 0.4) is 0 Å². The van der Waals surface area contributed by atoms with Crippen LogP contribution in [0.5, 0.6) is 0 Å². The Labute approximate surface area is 195 Å². The van der Waals surface area contributed by atoms with Crippen molar-refractivity contribution in [1.82, 2.24) is 0 Å². The first kappa shape index (κ1) is 28.6. The van der Waals surface area contributed by atoms with Gasteiger partial charge in [-0.1, -0.05) is 0 Å². The Hall–Kier alpha value is 0.640. The molecule has 28 heavy (non-hydrogen) atoms. The molecule has 2 unspecified atom stereocenters. The topological polar surface area (TPSA) is 0 Å². The first-order valence-corrected chi connectivity index (χ1v) is 18.9. The average molecular weight is 519 g/mol. The predicted molar refractivity (Wildman–Crippen MR) is 116 cm³/mol. The molecular weight excluding hydrogens is 478 g/mol. The van der Waals surface area contributed by atoms with Crippen LogP contribution in [-0.4, -0.2) is 5.43 Å². The Morgan fingerprint density at radius 2 is 1.00 bits per heavy atom. The van der Waals surface area contributed by atoms with Gasteiger partial charge in [-0.2, -0.15) is 0 Å². The molecule has 0 heterocycles. The molecule has 0 N–H and O–H groups in total. The van der Waals surface area contributed by atoms with E-state index < -0.39 is 20.4 Å². The number of allylic oxidation sites excluding steroid dienone is 8. The third-order valence-electron chi connectivity index (χ3n) is 6.01. The zero-order chi connectivity index (χ0) is 20.2. The van der Waals surface area contributed by atoms with Crippen LogP contribution in [0.15, 0.2) is 41.0 Å². The van der Waals surface area contributed by atoms with Gasteiger partial charge in [-0.3, -0.25) is 0 Å². The van der Waals surface area contributed by atoms with Crippen LogP contribution in [0.1, 0.15) is 69.2 Å². The van der Waals surface area contributed by atoms with E-state index in [0.717, 1.165) is 0 Å². The molecule has 0 aromatic heterocycles. The maximum absolute atomic E-state index is 2.60. The predicted octanol–water partition coefficient (Wildman–Crippen LogP) is 1.66. The molecule has 0 nitrogen and oxygen atoms in total. The fourth-order valence-corrected chi connectivity index (χ4v) is 24.8. The molecule has 0 fully saturated rings. The summed E-state index contributed by atoms with van der Waals surface area (Å²) in [6, 6.07) is 0. The van der Waals surface area contributed by atoms with Crippen molar-refractivity contribution in [3.8, 4) is 0 Å². The van der Waals surface area contributed by atoms with Crippen LogP contribution in [0, 0.1) is 22.7 Å². The van der Waals surface area contributed by atoms with Crippen LogP contribution in [-0.2, 0) is 20.4 Å². The second-order valence-electron chi connectivity index (χ2n) is 10.7. The van der Waals surface area contributed by atoms with E-state index in [-0.39, 0.29) is 41.1 Å². The van der Waals surface area contributed by atoms with Crippen molar-refractivity contribution < 1.29 is 45.2 Å². The Morgan fingerprint density at radius 1 is 0.714 bits per heavy atom. The van der Waals surface area contributed by atoms with Crippen LogP contribution < -0.4 is 24.8 Å². The minimum absolute atomic E-state index is 0. The van der Waals surface area contributed by atoms with E-state index in [9.17, 15) is 0 Å². The van der Waals surface area contributed by atoms with Gasteiger partial charge in [0.25, 0.3) is 0 Å². The van der Waals surface area contributed by atoms with E-state index in [1.54, 1.807) is 22.3 Å². The summed E-state index contributed by atoms with van der Waals surface area (Å²) < 4.78 is 3.84. The molecule has 2 rings (SSSR count). The Balaban J connectivity index is 0.00000364. The molecule has 0 aromatic rings. The molecular formula is C24H40Cl2SiZr. The van der Waals surface area contributed by atoms with Crippen molar-refractivity contribution in [3.63, 3.8) is 0 Å². The first-order chi connectivity index (χ1) is 11.7. The van der Waals surface area contributed by atoms with Gasteiger partial charge in [0.05, 0.1) is 0 Å². The van der Waals surface area contributed by atoms with Gasteiger partial charge in [0.2, 0.25) is 0 Å². The van der Waals surface area contributed by atoms with Gasteiger partial charge in [0.15, 0.2) is 0 Å². The first-order valence-electron chi connectivity index (χ1n) is 10.2. The standard InChI is InChI=1S/2C11H17.C2H6Si.2ClH.Zr/c2*1-8-6-9(2)10(7-8)11(3,4)5;1-3-2;;;/h2*7-8H,1-5H3;1-2H3;2*1H;/q;;;;;+2/p-2. The molecule has 0 saturated carbocycles. The minimum atomic E-state index is -1.84. The fraction of sp³-hybridized carbons (Fsp3) is 0.667. The SMILES string of the molecule is CC1=[C]([Zr+2]([C]2=C(C)C(C(C)(C)C)=CC2C)=[Si](C)C)C(C)C=C1C(C)(C)C.[Cl-].[Cl-]. The van der Waals surface area contributed by atoms with E-state index >= 15 is 0 Å². The Morgan fingerprint density at radius 3 is 1.18 bits per heavy atom. The molecule has 0 bridgehead atoms. The summed E-state index contributed by atoms with van der Waals surface area (Å²) in [5, 5.41) is 0. The smallest absolute Gasteiger partial charge is 1.00 e. The number of halogens is 2. The largest absolute Gasteiger partial charge is 1.00 e. The quantitative estimate of drug-likeness (QED) is 0.488. The van der Waals surface area contributed by atoms with Gasteiger partial charge in [-0.05, 0) is 0 Å². The molecule has 0 aliphatic heterocycles. The minimum Gasteiger partial charge on any atom is -1.00 e. The normalized spacial score (nSPS) is 22.2. The van der Waals surface area contributed by atoms with Crippen molar-refractivity contribution >= 4 is 5.43 Å². The summed E-state index contributed by atoms with van der Waals surface area (Å²) in [5.41, 5.74) is 6.82. The van der Waals surface area contributed by atoms with Crippen molar-refractivity contribution in [2.45, 2.75) is 82.3 Å². The van der Waals surface area contributed by atoms with Gasteiger partial charge < -0.3 is 24.8 Å². The third-order valence-corrected chi connectivity index (χ3v) is 24.3. The number of hydrogen-bond acceptors (Lipinski definition) is 0. The van der Waals surface area contributed by atoms with Crippen molar-refractivity contribution in [2.24, 2.45) is 22.7 Å². The van der Waals surface area contributed by atoms with Crippen LogP contribution >= 0.6 is 0 Å². The van der Waals surface area contributed by atoms with Crippen molar-refractivity contribution in [1.29, 1.82) is 0 Å². The second kappa shape index (κ2) is 9.84. The fourth-order valence-electron chi connectivity index (χ4n) is 5.03. The Kier molecular flexibility index (Phi) is 10.1. The summed E-state index contributed by atoms with van der Waals surface area (Å²) in [7, 11) is 0. The van der Waals surface area contributed by atoms with Crippen LogP contribution in [0.25, 0.3) is 0 Å². The van der Waals surface area contributed by atoms with E-state index in [1.165, 1.54) is 0 Å². The maximum atomic E-state index is 2.60. The maximum Gasteiger partial charge on any atom is -1.00 e. The van der Waals surface area contributed by atoms with Gasteiger partial charge in [-0.15, -0.1) is 0 Å². The summed E-state index contributed by atoms with van der Waals surface area (Å²) in [5.74, 6) is 1.31. The van der Waals surface area contributed by atoms with Crippen molar-refractivity contribution in [2.75, 3.05) is 0 Å². The number of rotatable bonds is 2. The molecule has 0 spiro atoms. The molecule has 0 aromatic carbocycles. The summed E-state index contributed by atoms with van der Waals surface area (Å²) in [6.45, 7) is 29.3. The molecule has 0 saturated heterocycles. The monoisotopic (exact) mass is 516 g/mol. The zero-order valence-corrected chi connectivity index (χ0v) is 25.0. The molecule has 4 heteroatoms. The van der Waals surface area contributed by atoms with Gasteiger partial charge in [0, 0.05) is 0 Å². The van der Waals surface area contributed by atoms with Gasteiger partial charge in [0.1, 0.15) is 0 Å². The summed E-state index contributed by atoms with van der Waals surface area (Å²) in [4.78, 5) is 0. The van der Waals surface area contributed by atoms with E-state index in [4.69, 9.17) is 0 Å². The molecule has 0 amide bonds. The average Bonchev–Trinajstić information content (AvgIpc) is 2.90. The van der Waals surface area contributed by atoms with E-state index in [2.05, 4.69) is 94.5 Å². The van der Waals surface area contributed by atoms with E-state index in [1.807, 2.05) is 6.56 Å². The van der Waals surface area contributed by atoms with E-state index in [0.29, 0.717) is 11.8 Å². The van der Waals surface area contributed by atoms with Gasteiger partial charge >= 0.3 is 172 Å². The second-order valence-corrected chi connectivity index (χ2v) is 27.5. The zero-order valence-electron chi connectivity index (χ0n) is 20.1. The molecule has 2 aliphatic carbocycles. The summed E-state index contributed by atoms with van der Waals surface area (Å²) >= 11 is -1.84. The molecule has 158 valence electrons. The van der Waals surface area contributed by atoms with Crippen molar-refractivity contribution in [3.05, 3.63) is 41.0 Å². The van der Waals surface area contributed by atoms with Gasteiger partial charge in [-0.25, -0.2) is 0 Å². The summed E-state index contributed by atoms with van der Waals surface area (Å²) in [6.07, 6.45) is 5.20. The third kappa shape index (κ3) is 5.46. The Bertz CT molecular complexity index is 716. The molecule has 2 aliphatic rings. The molecule has 0 radical (unpaired) electrons. The van der Waals surface area contributed by atoms with Crippen LogP contribution in [0.4, 0.5) is 0 Å².